The van der Waals surface area contributed by atoms with Crippen LogP contribution >= 0.6 is 0 Å². The van der Waals surface area contributed by atoms with Crippen molar-refractivity contribution in [2.75, 3.05) is 19.0 Å². The van der Waals surface area contributed by atoms with Crippen molar-refractivity contribution in [3.8, 4) is 0 Å². The molecule has 1 rings (SSSR count). The van der Waals surface area contributed by atoms with E-state index in [2.05, 4.69) is 10.6 Å². The highest BCUT2D eigenvalue weighted by Gasteiger charge is 2.14. The van der Waals surface area contributed by atoms with Crippen LogP contribution in [0.25, 0.3) is 0 Å². The molecule has 5 heteroatoms. The number of nitrogens with one attached hydrogen (secondary N) is 2. The number of amides is 2. The summed E-state index contributed by atoms with van der Waals surface area (Å²) in [5, 5.41) is 5.53. The van der Waals surface area contributed by atoms with Gasteiger partial charge in [0.05, 0.1) is 11.3 Å². The molecule has 0 aliphatic carbocycles. The lowest BCUT2D eigenvalue weighted by Gasteiger charge is -2.14. The van der Waals surface area contributed by atoms with E-state index < -0.39 is 0 Å². The molecule has 1 unspecified atom stereocenters. The number of ether oxygens (including phenoxy) is 1. The van der Waals surface area contributed by atoms with Gasteiger partial charge in [0.15, 0.2) is 0 Å². The van der Waals surface area contributed by atoms with Crippen LogP contribution in [0.2, 0.25) is 0 Å². The first kappa shape index (κ1) is 15.2. The maximum Gasteiger partial charge on any atom is 0.253 e. The van der Waals surface area contributed by atoms with Gasteiger partial charge in [0.1, 0.15) is 6.61 Å². The number of para-hydroxylation sites is 1. The molecule has 104 valence electrons. The second kappa shape index (κ2) is 7.53. The molecule has 0 saturated carbocycles. The fraction of sp³-hybridized carbons (Fsp3) is 0.429. The molecule has 0 aliphatic rings. The Morgan fingerprint density at radius 1 is 1.32 bits per heavy atom. The van der Waals surface area contributed by atoms with Gasteiger partial charge in [-0.05, 0) is 25.5 Å². The van der Waals surface area contributed by atoms with Gasteiger partial charge in [0.2, 0.25) is 5.91 Å². The topological polar surface area (TPSA) is 67.4 Å². The molecule has 0 bridgehead atoms. The number of carbonyl (C=O) groups excluding carboxylic acids is 2. The van der Waals surface area contributed by atoms with Crippen LogP contribution < -0.4 is 10.6 Å². The first-order valence-electron chi connectivity index (χ1n) is 6.27. The second-order valence-electron chi connectivity index (χ2n) is 4.31. The third kappa shape index (κ3) is 4.71. The number of rotatable bonds is 6. The van der Waals surface area contributed by atoms with Crippen molar-refractivity contribution in [1.29, 1.82) is 0 Å². The Bertz CT molecular complexity index is 446. The molecule has 0 heterocycles. The van der Waals surface area contributed by atoms with E-state index in [-0.39, 0.29) is 24.5 Å². The maximum atomic E-state index is 12.1. The molecule has 2 amide bonds. The van der Waals surface area contributed by atoms with E-state index >= 15 is 0 Å². The first-order valence-corrected chi connectivity index (χ1v) is 6.27. The fourth-order valence-electron chi connectivity index (χ4n) is 1.51. The predicted octanol–water partition coefficient (Wildman–Crippen LogP) is 1.80. The molecule has 0 radical (unpaired) electrons. The number of anilines is 1. The minimum Gasteiger partial charge on any atom is -0.375 e. The van der Waals surface area contributed by atoms with Crippen molar-refractivity contribution in [2.45, 2.75) is 26.3 Å². The highest BCUT2D eigenvalue weighted by Crippen LogP contribution is 2.15. The molecule has 1 aromatic carbocycles. The fourth-order valence-corrected chi connectivity index (χ4v) is 1.51. The van der Waals surface area contributed by atoms with Crippen LogP contribution in [0.5, 0.6) is 0 Å². The van der Waals surface area contributed by atoms with Crippen LogP contribution in [0.4, 0.5) is 5.69 Å². The molecule has 0 aromatic heterocycles. The highest BCUT2D eigenvalue weighted by molar-refractivity contribution is 6.04. The van der Waals surface area contributed by atoms with Crippen molar-refractivity contribution in [2.24, 2.45) is 0 Å². The number of carbonyl (C=O) groups is 2. The van der Waals surface area contributed by atoms with E-state index in [9.17, 15) is 9.59 Å². The van der Waals surface area contributed by atoms with E-state index in [4.69, 9.17) is 4.74 Å². The molecule has 5 nitrogen and oxygen atoms in total. The molecule has 1 atom stereocenters. The zero-order valence-corrected chi connectivity index (χ0v) is 11.5. The van der Waals surface area contributed by atoms with E-state index in [1.165, 1.54) is 7.11 Å². The molecule has 1 aromatic rings. The van der Waals surface area contributed by atoms with Crippen LogP contribution in [-0.4, -0.2) is 31.6 Å². The van der Waals surface area contributed by atoms with Gasteiger partial charge < -0.3 is 15.4 Å². The summed E-state index contributed by atoms with van der Waals surface area (Å²) in [6.45, 7) is 3.89. The average Bonchev–Trinajstić information content (AvgIpc) is 2.39. The highest BCUT2D eigenvalue weighted by atomic mass is 16.5. The minimum atomic E-state index is -0.286. The van der Waals surface area contributed by atoms with E-state index in [0.29, 0.717) is 11.3 Å². The third-order valence-corrected chi connectivity index (χ3v) is 2.71. The van der Waals surface area contributed by atoms with Crippen LogP contribution in [0.15, 0.2) is 24.3 Å². The smallest absolute Gasteiger partial charge is 0.253 e. The monoisotopic (exact) mass is 264 g/mol. The SMILES string of the molecule is CCC(C)NC(=O)c1ccccc1NC(=O)COC. The Morgan fingerprint density at radius 2 is 2.00 bits per heavy atom. The van der Waals surface area contributed by atoms with E-state index in [1.807, 2.05) is 13.8 Å². The molecular weight excluding hydrogens is 244 g/mol. The standard InChI is InChI=1S/C14H20N2O3/c1-4-10(2)15-14(18)11-7-5-6-8-12(11)16-13(17)9-19-3/h5-8,10H,4,9H2,1-3H3,(H,15,18)(H,16,17). The largest absolute Gasteiger partial charge is 0.375 e. The van der Waals surface area contributed by atoms with Gasteiger partial charge in [-0.2, -0.15) is 0 Å². The average molecular weight is 264 g/mol. The number of methoxy groups -OCH3 is 1. The first-order chi connectivity index (χ1) is 9.08. The Hall–Kier alpha value is -1.88. The molecule has 2 N–H and O–H groups in total. The Morgan fingerprint density at radius 3 is 2.63 bits per heavy atom. The van der Waals surface area contributed by atoms with Gasteiger partial charge in [-0.3, -0.25) is 9.59 Å². The van der Waals surface area contributed by atoms with Crippen molar-refractivity contribution in [3.05, 3.63) is 29.8 Å². The van der Waals surface area contributed by atoms with Gasteiger partial charge in [0.25, 0.3) is 5.91 Å². The maximum absolute atomic E-state index is 12.1. The lowest BCUT2D eigenvalue weighted by Crippen LogP contribution is -2.32. The van der Waals surface area contributed by atoms with Crippen LogP contribution in [0, 0.1) is 0 Å². The van der Waals surface area contributed by atoms with Crippen LogP contribution in [-0.2, 0) is 9.53 Å². The Balaban J connectivity index is 2.83. The Labute approximate surface area is 113 Å². The zero-order valence-electron chi connectivity index (χ0n) is 11.5. The van der Waals surface area contributed by atoms with Crippen molar-refractivity contribution in [1.82, 2.24) is 5.32 Å². The summed E-state index contributed by atoms with van der Waals surface area (Å²) in [7, 11) is 1.45. The van der Waals surface area contributed by atoms with E-state index in [0.717, 1.165) is 6.42 Å². The summed E-state index contributed by atoms with van der Waals surface area (Å²) in [5.41, 5.74) is 0.942. The summed E-state index contributed by atoms with van der Waals surface area (Å²) in [4.78, 5) is 23.6. The lowest BCUT2D eigenvalue weighted by molar-refractivity contribution is -0.119. The number of hydrogen-bond acceptors (Lipinski definition) is 3. The van der Waals surface area contributed by atoms with Gasteiger partial charge in [0, 0.05) is 13.2 Å². The predicted molar refractivity (Wildman–Crippen MR) is 74.2 cm³/mol. The van der Waals surface area contributed by atoms with Crippen molar-refractivity contribution < 1.29 is 14.3 Å². The van der Waals surface area contributed by atoms with Gasteiger partial charge in [-0.25, -0.2) is 0 Å². The zero-order chi connectivity index (χ0) is 14.3. The summed E-state index contributed by atoms with van der Waals surface area (Å²) in [6, 6.07) is 6.99. The van der Waals surface area contributed by atoms with E-state index in [1.54, 1.807) is 24.3 Å². The summed E-state index contributed by atoms with van der Waals surface area (Å²) in [6.07, 6.45) is 0.851. The van der Waals surface area contributed by atoms with Gasteiger partial charge in [-0.1, -0.05) is 19.1 Å². The van der Waals surface area contributed by atoms with Gasteiger partial charge in [-0.15, -0.1) is 0 Å². The van der Waals surface area contributed by atoms with Crippen molar-refractivity contribution >= 4 is 17.5 Å². The minimum absolute atomic E-state index is 0.0404. The lowest BCUT2D eigenvalue weighted by atomic mass is 10.1. The third-order valence-electron chi connectivity index (χ3n) is 2.71. The quantitative estimate of drug-likeness (QED) is 0.823. The molecule has 0 aliphatic heterocycles. The van der Waals surface area contributed by atoms with Crippen LogP contribution in [0.1, 0.15) is 30.6 Å². The molecule has 19 heavy (non-hydrogen) atoms. The summed E-state index contributed by atoms with van der Waals surface area (Å²) < 4.78 is 4.75. The summed E-state index contributed by atoms with van der Waals surface area (Å²) >= 11 is 0. The van der Waals surface area contributed by atoms with Crippen LogP contribution in [0.3, 0.4) is 0 Å². The van der Waals surface area contributed by atoms with Crippen molar-refractivity contribution in [3.63, 3.8) is 0 Å². The molecular formula is C14H20N2O3. The number of benzene rings is 1. The molecule has 0 saturated heterocycles. The molecule has 0 spiro atoms. The second-order valence-corrected chi connectivity index (χ2v) is 4.31. The summed E-state index contributed by atoms with van der Waals surface area (Å²) in [5.74, 6) is -0.478. The molecule has 0 fully saturated rings. The Kier molecular flexibility index (Phi) is 6.02. The number of hydrogen-bond donors (Lipinski definition) is 2. The normalized spacial score (nSPS) is 11.7. The van der Waals surface area contributed by atoms with Gasteiger partial charge >= 0.3 is 0 Å².